The first-order valence-electron chi connectivity index (χ1n) is 6.97. The number of carbonyl (C=O) groups is 1. The number of fused-ring (bicyclic) bond motifs is 1. The first-order valence-corrected chi connectivity index (χ1v) is 7.85. The number of furan rings is 1. The summed E-state index contributed by atoms with van der Waals surface area (Å²) >= 11 is 1.34. The highest BCUT2D eigenvalue weighted by Gasteiger charge is 2.14. The quantitative estimate of drug-likeness (QED) is 0.599. The number of rotatable bonds is 3. The topological polar surface area (TPSA) is 83.8 Å². The average Bonchev–Trinajstić information content (AvgIpc) is 3.25. The van der Waals surface area contributed by atoms with E-state index in [-0.39, 0.29) is 5.91 Å². The Kier molecular flexibility index (Phi) is 3.20. The average molecular weight is 324 g/mol. The lowest BCUT2D eigenvalue weighted by atomic mass is 10.2. The van der Waals surface area contributed by atoms with Crippen LogP contribution in [0.1, 0.15) is 16.2 Å². The highest BCUT2D eigenvalue weighted by atomic mass is 32.1. The molecule has 7 heteroatoms. The monoisotopic (exact) mass is 324 g/mol. The number of para-hydroxylation sites is 1. The van der Waals surface area contributed by atoms with Crippen molar-refractivity contribution in [3.63, 3.8) is 0 Å². The van der Waals surface area contributed by atoms with E-state index in [4.69, 9.17) is 4.42 Å². The summed E-state index contributed by atoms with van der Waals surface area (Å²) in [6, 6.07) is 11.4. The van der Waals surface area contributed by atoms with Gasteiger partial charge < -0.3 is 4.42 Å². The van der Waals surface area contributed by atoms with E-state index >= 15 is 0 Å². The van der Waals surface area contributed by atoms with Gasteiger partial charge in [-0.15, -0.1) is 11.3 Å². The van der Waals surface area contributed by atoms with Crippen molar-refractivity contribution in [2.45, 2.75) is 6.92 Å². The number of nitrogens with zero attached hydrogens (tertiary/aromatic N) is 2. The van der Waals surface area contributed by atoms with Crippen LogP contribution in [0.15, 0.2) is 46.2 Å². The molecule has 1 aromatic carbocycles. The van der Waals surface area contributed by atoms with Gasteiger partial charge in [0.15, 0.2) is 16.6 Å². The van der Waals surface area contributed by atoms with E-state index in [1.165, 1.54) is 11.3 Å². The van der Waals surface area contributed by atoms with E-state index in [0.29, 0.717) is 22.3 Å². The maximum absolute atomic E-state index is 12.1. The van der Waals surface area contributed by atoms with Gasteiger partial charge in [-0.3, -0.25) is 15.2 Å². The van der Waals surface area contributed by atoms with Crippen LogP contribution in [-0.4, -0.2) is 21.1 Å². The summed E-state index contributed by atoms with van der Waals surface area (Å²) < 4.78 is 5.77. The lowest BCUT2D eigenvalue weighted by Crippen LogP contribution is -2.12. The van der Waals surface area contributed by atoms with Crippen molar-refractivity contribution in [3.8, 4) is 11.5 Å². The second-order valence-electron chi connectivity index (χ2n) is 5.08. The first kappa shape index (κ1) is 13.7. The van der Waals surface area contributed by atoms with E-state index < -0.39 is 0 Å². The summed E-state index contributed by atoms with van der Waals surface area (Å²) in [7, 11) is 0. The molecule has 6 nitrogen and oxygen atoms in total. The summed E-state index contributed by atoms with van der Waals surface area (Å²) in [6.07, 6.45) is 0. The summed E-state index contributed by atoms with van der Waals surface area (Å²) in [6.45, 7) is 1.84. The van der Waals surface area contributed by atoms with Gasteiger partial charge in [-0.1, -0.05) is 18.2 Å². The second-order valence-corrected chi connectivity index (χ2v) is 5.93. The summed E-state index contributed by atoms with van der Waals surface area (Å²) in [5.74, 6) is 0.387. The van der Waals surface area contributed by atoms with Gasteiger partial charge >= 0.3 is 0 Å². The molecule has 3 aromatic heterocycles. The molecule has 0 aliphatic rings. The van der Waals surface area contributed by atoms with Crippen molar-refractivity contribution in [1.82, 2.24) is 15.2 Å². The largest absolute Gasteiger partial charge is 0.454 e. The van der Waals surface area contributed by atoms with Gasteiger partial charge in [0.1, 0.15) is 11.3 Å². The Labute approximate surface area is 135 Å². The van der Waals surface area contributed by atoms with E-state index in [9.17, 15) is 4.79 Å². The van der Waals surface area contributed by atoms with Crippen LogP contribution in [-0.2, 0) is 0 Å². The number of anilines is 1. The third kappa shape index (κ3) is 2.62. The molecule has 4 aromatic rings. The molecule has 3 heterocycles. The maximum atomic E-state index is 12.1. The number of thiazole rings is 1. The lowest BCUT2D eigenvalue weighted by molar-refractivity contribution is 0.102. The molecule has 0 aliphatic heterocycles. The van der Waals surface area contributed by atoms with Crippen LogP contribution in [0.5, 0.6) is 0 Å². The van der Waals surface area contributed by atoms with Crippen LogP contribution in [0.25, 0.3) is 22.4 Å². The predicted molar refractivity (Wildman–Crippen MR) is 88.6 cm³/mol. The summed E-state index contributed by atoms with van der Waals surface area (Å²) in [5, 5.41) is 12.8. The molecular formula is C16H12N4O2S. The van der Waals surface area contributed by atoms with Crippen molar-refractivity contribution < 1.29 is 9.21 Å². The fourth-order valence-corrected chi connectivity index (χ4v) is 2.94. The minimum absolute atomic E-state index is 0.292. The number of hydrogen-bond donors (Lipinski definition) is 2. The fourth-order valence-electron chi connectivity index (χ4n) is 2.25. The molecule has 2 N–H and O–H groups in total. The number of benzene rings is 1. The SMILES string of the molecule is Cc1cc(C(=O)Nc2nc(-c3cc4ccccc4o3)cs2)n[nH]1. The minimum Gasteiger partial charge on any atom is -0.454 e. The summed E-state index contributed by atoms with van der Waals surface area (Å²) in [5.41, 5.74) is 2.67. The predicted octanol–water partition coefficient (Wildman–Crippen LogP) is 3.84. The van der Waals surface area contributed by atoms with Crippen LogP contribution in [0.4, 0.5) is 5.13 Å². The number of aromatic nitrogens is 3. The van der Waals surface area contributed by atoms with E-state index in [0.717, 1.165) is 16.7 Å². The lowest BCUT2D eigenvalue weighted by Gasteiger charge is -1.96. The molecule has 0 fully saturated rings. The highest BCUT2D eigenvalue weighted by Crippen LogP contribution is 2.30. The Morgan fingerprint density at radius 1 is 1.30 bits per heavy atom. The second kappa shape index (κ2) is 5.36. The molecule has 0 bridgehead atoms. The number of nitrogens with one attached hydrogen (secondary N) is 2. The van der Waals surface area contributed by atoms with Crippen LogP contribution < -0.4 is 5.32 Å². The van der Waals surface area contributed by atoms with Crippen molar-refractivity contribution in [2.75, 3.05) is 5.32 Å². The molecule has 1 amide bonds. The van der Waals surface area contributed by atoms with Gasteiger partial charge in [-0.25, -0.2) is 4.98 Å². The number of aryl methyl sites for hydroxylation is 1. The Balaban J connectivity index is 1.57. The molecule has 0 saturated heterocycles. The zero-order chi connectivity index (χ0) is 15.8. The van der Waals surface area contributed by atoms with Crippen LogP contribution in [0, 0.1) is 6.92 Å². The van der Waals surface area contributed by atoms with Gasteiger partial charge in [0.2, 0.25) is 0 Å². The molecule has 4 rings (SSSR count). The van der Waals surface area contributed by atoms with Gasteiger partial charge in [0, 0.05) is 16.5 Å². The summed E-state index contributed by atoms with van der Waals surface area (Å²) in [4.78, 5) is 16.5. The fraction of sp³-hybridized carbons (Fsp3) is 0.0625. The number of aromatic amines is 1. The smallest absolute Gasteiger partial charge is 0.277 e. The van der Waals surface area contributed by atoms with Gasteiger partial charge in [-0.2, -0.15) is 5.10 Å². The Bertz CT molecular complexity index is 965. The standard InChI is InChI=1S/C16H12N4O2S/c1-9-6-11(20-19-9)15(21)18-16-17-12(8-23-16)14-7-10-4-2-3-5-13(10)22-14/h2-8H,1H3,(H,19,20)(H,17,18,21). The molecule has 0 unspecified atom stereocenters. The minimum atomic E-state index is -0.292. The molecule has 0 saturated carbocycles. The van der Waals surface area contributed by atoms with Crippen LogP contribution in [0.2, 0.25) is 0 Å². The van der Waals surface area contributed by atoms with Crippen molar-refractivity contribution in [2.24, 2.45) is 0 Å². The number of carbonyl (C=O) groups excluding carboxylic acids is 1. The van der Waals surface area contributed by atoms with Gasteiger partial charge in [0.05, 0.1) is 0 Å². The molecule has 0 radical (unpaired) electrons. The van der Waals surface area contributed by atoms with Crippen molar-refractivity contribution in [1.29, 1.82) is 0 Å². The normalized spacial score (nSPS) is 11.0. The zero-order valence-corrected chi connectivity index (χ0v) is 13.0. The number of amides is 1. The van der Waals surface area contributed by atoms with Crippen molar-refractivity contribution >= 4 is 33.3 Å². The Morgan fingerprint density at radius 3 is 2.96 bits per heavy atom. The molecule has 0 spiro atoms. The maximum Gasteiger partial charge on any atom is 0.277 e. The van der Waals surface area contributed by atoms with Crippen LogP contribution in [0.3, 0.4) is 0 Å². The highest BCUT2D eigenvalue weighted by molar-refractivity contribution is 7.14. The van der Waals surface area contributed by atoms with E-state index in [1.54, 1.807) is 6.07 Å². The first-order chi connectivity index (χ1) is 11.2. The van der Waals surface area contributed by atoms with Crippen molar-refractivity contribution in [3.05, 3.63) is 53.2 Å². The number of H-pyrrole nitrogens is 1. The molecule has 0 atom stereocenters. The number of hydrogen-bond acceptors (Lipinski definition) is 5. The van der Waals surface area contributed by atoms with Gasteiger partial charge in [-0.05, 0) is 25.1 Å². The molecular weight excluding hydrogens is 312 g/mol. The molecule has 23 heavy (non-hydrogen) atoms. The third-order valence-electron chi connectivity index (χ3n) is 3.34. The van der Waals surface area contributed by atoms with Crippen LogP contribution >= 0.6 is 11.3 Å². The van der Waals surface area contributed by atoms with E-state index in [1.807, 2.05) is 42.6 Å². The third-order valence-corrected chi connectivity index (χ3v) is 4.10. The molecule has 0 aliphatic carbocycles. The van der Waals surface area contributed by atoms with Gasteiger partial charge in [0.25, 0.3) is 5.91 Å². The zero-order valence-electron chi connectivity index (χ0n) is 12.2. The Morgan fingerprint density at radius 2 is 2.17 bits per heavy atom. The molecule has 114 valence electrons. The van der Waals surface area contributed by atoms with E-state index in [2.05, 4.69) is 20.5 Å². The Hall–Kier alpha value is -2.93.